The van der Waals surface area contributed by atoms with Crippen LogP contribution < -0.4 is 0 Å². The number of carbonyl (C=O) groups is 2. The molecule has 1 rings (SSSR count). The highest BCUT2D eigenvalue weighted by Gasteiger charge is 2.33. The third kappa shape index (κ3) is 3.80. The van der Waals surface area contributed by atoms with Crippen molar-refractivity contribution in [3.8, 4) is 0 Å². The molecule has 1 N–H and O–H groups in total. The van der Waals surface area contributed by atoms with E-state index in [0.29, 0.717) is 18.6 Å². The van der Waals surface area contributed by atoms with Crippen molar-refractivity contribution in [1.29, 1.82) is 0 Å². The van der Waals surface area contributed by atoms with Crippen LogP contribution in [0.25, 0.3) is 0 Å². The maximum atomic E-state index is 11.6. The van der Waals surface area contributed by atoms with Crippen LogP contribution >= 0.6 is 0 Å². The molecule has 0 amide bonds. The number of ketones is 1. The zero-order chi connectivity index (χ0) is 12.0. The Hall–Kier alpha value is -1.12. The van der Waals surface area contributed by atoms with Crippen LogP contribution in [0.1, 0.15) is 45.4 Å². The molecule has 0 aromatic rings. The fourth-order valence-corrected chi connectivity index (χ4v) is 2.36. The summed E-state index contributed by atoms with van der Waals surface area (Å²) in [5, 5.41) is 8.64. The molecule has 1 aliphatic rings. The molecule has 1 saturated carbocycles. The highest BCUT2D eigenvalue weighted by Crippen LogP contribution is 2.34. The van der Waals surface area contributed by atoms with Crippen molar-refractivity contribution in [2.24, 2.45) is 11.8 Å². The van der Waals surface area contributed by atoms with Gasteiger partial charge in [0, 0.05) is 18.8 Å². The summed E-state index contributed by atoms with van der Waals surface area (Å²) in [4.78, 5) is 22.1. The van der Waals surface area contributed by atoms with E-state index in [0.717, 1.165) is 19.3 Å². The maximum absolute atomic E-state index is 11.6. The van der Waals surface area contributed by atoms with Gasteiger partial charge in [-0.05, 0) is 31.6 Å². The van der Waals surface area contributed by atoms with Gasteiger partial charge in [0.25, 0.3) is 0 Å². The lowest BCUT2D eigenvalue weighted by Crippen LogP contribution is -2.15. The first kappa shape index (κ1) is 12.9. The summed E-state index contributed by atoms with van der Waals surface area (Å²) < 4.78 is 0. The number of Topliss-reactive ketones (excluding diaryl/α,β-unsaturated/α-hetero) is 1. The summed E-state index contributed by atoms with van der Waals surface area (Å²) in [6.07, 6.45) is 8.24. The monoisotopic (exact) mass is 224 g/mol. The summed E-state index contributed by atoms with van der Waals surface area (Å²) >= 11 is 0. The van der Waals surface area contributed by atoms with E-state index < -0.39 is 5.97 Å². The van der Waals surface area contributed by atoms with E-state index in [2.05, 4.69) is 19.1 Å². The molecule has 90 valence electrons. The predicted molar refractivity (Wildman–Crippen MR) is 62.1 cm³/mol. The number of carbonyl (C=O) groups excluding carboxylic acids is 1. The minimum absolute atomic E-state index is 0.0714. The lowest BCUT2D eigenvalue weighted by atomic mass is 9.88. The molecule has 3 nitrogen and oxygen atoms in total. The summed E-state index contributed by atoms with van der Waals surface area (Å²) in [5.41, 5.74) is 0. The Labute approximate surface area is 96.5 Å². The summed E-state index contributed by atoms with van der Waals surface area (Å²) in [6, 6.07) is 0. The Morgan fingerprint density at radius 2 is 2.25 bits per heavy atom. The van der Waals surface area contributed by atoms with Gasteiger partial charge in [0.1, 0.15) is 5.78 Å². The topological polar surface area (TPSA) is 54.4 Å². The van der Waals surface area contributed by atoms with Crippen LogP contribution in [0.3, 0.4) is 0 Å². The lowest BCUT2D eigenvalue weighted by molar-refractivity contribution is -0.137. The quantitative estimate of drug-likeness (QED) is 0.706. The second-order valence-corrected chi connectivity index (χ2v) is 4.42. The van der Waals surface area contributed by atoms with Crippen molar-refractivity contribution < 1.29 is 14.7 Å². The van der Waals surface area contributed by atoms with Crippen LogP contribution in [0, 0.1) is 11.8 Å². The van der Waals surface area contributed by atoms with Gasteiger partial charge in [-0.2, -0.15) is 0 Å². The highest BCUT2D eigenvalue weighted by atomic mass is 16.4. The van der Waals surface area contributed by atoms with E-state index in [-0.39, 0.29) is 18.3 Å². The van der Waals surface area contributed by atoms with Crippen LogP contribution in [-0.2, 0) is 9.59 Å². The maximum Gasteiger partial charge on any atom is 0.303 e. The number of aliphatic carboxylic acids is 1. The molecule has 0 spiro atoms. The highest BCUT2D eigenvalue weighted by molar-refractivity contribution is 5.83. The van der Waals surface area contributed by atoms with E-state index in [9.17, 15) is 9.59 Å². The van der Waals surface area contributed by atoms with Gasteiger partial charge in [-0.3, -0.25) is 9.59 Å². The fraction of sp³-hybridized carbons (Fsp3) is 0.692. The van der Waals surface area contributed by atoms with Gasteiger partial charge in [0.15, 0.2) is 0 Å². The SMILES string of the molecule is CC/C=C\C[C@@H]1C(=O)CC[C@@H]1CCC(=O)O. The average molecular weight is 224 g/mol. The Morgan fingerprint density at radius 3 is 2.88 bits per heavy atom. The smallest absolute Gasteiger partial charge is 0.303 e. The molecule has 1 aliphatic carbocycles. The summed E-state index contributed by atoms with van der Waals surface area (Å²) in [5.74, 6) is -0.0920. The fourth-order valence-electron chi connectivity index (χ4n) is 2.36. The van der Waals surface area contributed by atoms with Crippen LogP contribution in [-0.4, -0.2) is 16.9 Å². The molecule has 0 radical (unpaired) electrons. The zero-order valence-electron chi connectivity index (χ0n) is 9.82. The van der Waals surface area contributed by atoms with Crippen LogP contribution in [0.5, 0.6) is 0 Å². The molecular formula is C13H20O3. The number of rotatable bonds is 6. The molecule has 0 aromatic carbocycles. The van der Waals surface area contributed by atoms with E-state index in [1.165, 1.54) is 0 Å². The first-order valence-electron chi connectivity index (χ1n) is 6.04. The number of carboxylic acid groups (broad SMARTS) is 1. The van der Waals surface area contributed by atoms with Gasteiger partial charge in [0.2, 0.25) is 0 Å². The minimum Gasteiger partial charge on any atom is -0.481 e. The number of allylic oxidation sites excluding steroid dienone is 2. The van der Waals surface area contributed by atoms with Crippen molar-refractivity contribution in [2.45, 2.75) is 45.4 Å². The lowest BCUT2D eigenvalue weighted by Gasteiger charge is -2.15. The molecule has 0 heterocycles. The third-order valence-corrected chi connectivity index (χ3v) is 3.27. The Balaban J connectivity index is 2.45. The van der Waals surface area contributed by atoms with Gasteiger partial charge in [-0.15, -0.1) is 0 Å². The third-order valence-electron chi connectivity index (χ3n) is 3.27. The van der Waals surface area contributed by atoms with Crippen molar-refractivity contribution in [1.82, 2.24) is 0 Å². The normalized spacial score (nSPS) is 25.4. The molecule has 2 atom stereocenters. The van der Waals surface area contributed by atoms with E-state index in [4.69, 9.17) is 5.11 Å². The van der Waals surface area contributed by atoms with Crippen molar-refractivity contribution in [3.63, 3.8) is 0 Å². The first-order chi connectivity index (χ1) is 7.65. The largest absolute Gasteiger partial charge is 0.481 e. The second kappa shape index (κ2) is 6.46. The van der Waals surface area contributed by atoms with Crippen molar-refractivity contribution >= 4 is 11.8 Å². The van der Waals surface area contributed by atoms with Crippen molar-refractivity contribution in [2.75, 3.05) is 0 Å². The zero-order valence-corrected chi connectivity index (χ0v) is 9.82. The van der Waals surface area contributed by atoms with E-state index in [1.807, 2.05) is 0 Å². The van der Waals surface area contributed by atoms with Crippen molar-refractivity contribution in [3.05, 3.63) is 12.2 Å². The van der Waals surface area contributed by atoms with Crippen LogP contribution in [0.4, 0.5) is 0 Å². The van der Waals surface area contributed by atoms with Gasteiger partial charge in [-0.25, -0.2) is 0 Å². The molecular weight excluding hydrogens is 204 g/mol. The Bertz CT molecular complexity index is 281. The Kier molecular flexibility index (Phi) is 5.23. The van der Waals surface area contributed by atoms with Gasteiger partial charge in [-0.1, -0.05) is 19.1 Å². The number of hydrogen-bond acceptors (Lipinski definition) is 2. The molecule has 0 saturated heterocycles. The molecule has 0 bridgehead atoms. The summed E-state index contributed by atoms with van der Waals surface area (Å²) in [7, 11) is 0. The van der Waals surface area contributed by atoms with Gasteiger partial charge >= 0.3 is 5.97 Å². The van der Waals surface area contributed by atoms with Gasteiger partial charge < -0.3 is 5.11 Å². The van der Waals surface area contributed by atoms with E-state index >= 15 is 0 Å². The Morgan fingerprint density at radius 1 is 1.50 bits per heavy atom. The molecule has 0 aliphatic heterocycles. The predicted octanol–water partition coefficient (Wildman–Crippen LogP) is 2.80. The molecule has 1 fully saturated rings. The number of carboxylic acids is 1. The van der Waals surface area contributed by atoms with Gasteiger partial charge in [0.05, 0.1) is 0 Å². The summed E-state index contributed by atoms with van der Waals surface area (Å²) in [6.45, 7) is 2.06. The first-order valence-corrected chi connectivity index (χ1v) is 6.04. The molecule has 0 aromatic heterocycles. The minimum atomic E-state index is -0.762. The number of hydrogen-bond donors (Lipinski definition) is 1. The molecule has 0 unspecified atom stereocenters. The second-order valence-electron chi connectivity index (χ2n) is 4.42. The van der Waals surface area contributed by atoms with E-state index in [1.54, 1.807) is 0 Å². The van der Waals surface area contributed by atoms with Crippen LogP contribution in [0.15, 0.2) is 12.2 Å². The average Bonchev–Trinajstić information content (AvgIpc) is 2.58. The molecule has 3 heteroatoms. The molecule has 16 heavy (non-hydrogen) atoms. The van der Waals surface area contributed by atoms with Crippen LogP contribution in [0.2, 0.25) is 0 Å². The standard InChI is InChI=1S/C13H20O3/c1-2-3-4-5-11-10(6-8-12(11)14)7-9-13(15)16/h3-4,10-11H,2,5-9H2,1H3,(H,15,16)/b4-3-/t10-,11+/m1/s1.